The van der Waals surface area contributed by atoms with Crippen molar-refractivity contribution in [3.63, 3.8) is 0 Å². The zero-order chi connectivity index (χ0) is 15.5. The largest absolute Gasteiger partial charge is 0.494 e. The molecule has 1 aromatic carbocycles. The second-order valence-electron chi connectivity index (χ2n) is 4.65. The maximum Gasteiger partial charge on any atom is 0.186 e. The van der Waals surface area contributed by atoms with Crippen molar-refractivity contribution in [2.45, 2.75) is 12.8 Å². The molecular weight excluding hydrogens is 316 g/mol. The van der Waals surface area contributed by atoms with Gasteiger partial charge in [0.15, 0.2) is 5.78 Å². The average molecular weight is 330 g/mol. The first-order chi connectivity index (χ1) is 10.7. The summed E-state index contributed by atoms with van der Waals surface area (Å²) in [5.41, 5.74) is 0.898. The number of hydrogen-bond donors (Lipinski definition) is 1. The number of thiazole rings is 1. The van der Waals surface area contributed by atoms with E-state index in [1.165, 1.54) is 23.1 Å². The second-order valence-corrected chi connectivity index (χ2v) is 6.66. The first kappa shape index (κ1) is 15.0. The summed E-state index contributed by atoms with van der Waals surface area (Å²) in [5.74, 6) is 0.192. The summed E-state index contributed by atoms with van der Waals surface area (Å²) in [6, 6.07) is 7.59. The van der Waals surface area contributed by atoms with E-state index in [0.29, 0.717) is 21.6 Å². The van der Waals surface area contributed by atoms with Gasteiger partial charge < -0.3 is 4.74 Å². The van der Waals surface area contributed by atoms with Crippen molar-refractivity contribution in [1.29, 1.82) is 5.41 Å². The molecule has 1 N–H and O–H groups in total. The lowest BCUT2D eigenvalue weighted by Crippen LogP contribution is -2.11. The van der Waals surface area contributed by atoms with E-state index in [4.69, 9.17) is 10.1 Å². The molecule has 1 aromatic heterocycles. The number of ether oxygens (including phenoxy) is 1. The standard InChI is InChI=1S/C16H14N2O2S2/c1-2-20-11-5-3-4-10(8-11)9-12-14(19)13(15(17)22-12)16-18-6-7-21-16/h3-9,13,17H,2H2,1H3/b12-9-,17-15?/t13-/m1/s1. The molecule has 0 amide bonds. The summed E-state index contributed by atoms with van der Waals surface area (Å²) < 4.78 is 5.47. The summed E-state index contributed by atoms with van der Waals surface area (Å²) in [6.07, 6.45) is 3.48. The highest BCUT2D eigenvalue weighted by Crippen LogP contribution is 2.41. The number of hydrogen-bond acceptors (Lipinski definition) is 6. The van der Waals surface area contributed by atoms with Gasteiger partial charge in [0.2, 0.25) is 0 Å². The zero-order valence-electron chi connectivity index (χ0n) is 11.9. The molecule has 22 heavy (non-hydrogen) atoms. The van der Waals surface area contributed by atoms with Crippen molar-refractivity contribution in [2.75, 3.05) is 6.61 Å². The SMILES string of the molecule is CCOc1cccc(/C=C2\SC(=N)[C@H](c3nccs3)C2=O)c1. The summed E-state index contributed by atoms with van der Waals surface area (Å²) in [7, 11) is 0. The van der Waals surface area contributed by atoms with Gasteiger partial charge in [0, 0.05) is 11.6 Å². The Bertz CT molecular complexity index is 738. The van der Waals surface area contributed by atoms with Crippen LogP contribution >= 0.6 is 23.1 Å². The Balaban J connectivity index is 1.88. The summed E-state index contributed by atoms with van der Waals surface area (Å²) in [4.78, 5) is 17.3. The fraction of sp³-hybridized carbons (Fsp3) is 0.188. The maximum absolute atomic E-state index is 12.5. The monoisotopic (exact) mass is 330 g/mol. The molecule has 4 nitrogen and oxygen atoms in total. The van der Waals surface area contributed by atoms with Crippen molar-refractivity contribution < 1.29 is 9.53 Å². The van der Waals surface area contributed by atoms with Crippen molar-refractivity contribution in [3.8, 4) is 5.75 Å². The Morgan fingerprint density at radius 3 is 3.05 bits per heavy atom. The minimum Gasteiger partial charge on any atom is -0.494 e. The van der Waals surface area contributed by atoms with Crippen molar-refractivity contribution >= 4 is 40.0 Å². The van der Waals surface area contributed by atoms with E-state index < -0.39 is 5.92 Å². The van der Waals surface area contributed by atoms with Gasteiger partial charge in [-0.1, -0.05) is 23.9 Å². The number of carbonyl (C=O) groups is 1. The Hall–Kier alpha value is -1.92. The Morgan fingerprint density at radius 2 is 2.32 bits per heavy atom. The first-order valence-corrected chi connectivity index (χ1v) is 8.53. The van der Waals surface area contributed by atoms with Gasteiger partial charge in [0.25, 0.3) is 0 Å². The lowest BCUT2D eigenvalue weighted by Gasteiger charge is -2.04. The molecule has 112 valence electrons. The number of aromatic nitrogens is 1. The van der Waals surface area contributed by atoms with Gasteiger partial charge in [0.1, 0.15) is 16.7 Å². The number of nitrogens with one attached hydrogen (secondary N) is 1. The van der Waals surface area contributed by atoms with Gasteiger partial charge in [-0.25, -0.2) is 4.98 Å². The predicted octanol–water partition coefficient (Wildman–Crippen LogP) is 3.96. The highest BCUT2D eigenvalue weighted by molar-refractivity contribution is 8.19. The van der Waals surface area contributed by atoms with Crippen molar-refractivity contribution in [2.24, 2.45) is 0 Å². The molecule has 1 aliphatic heterocycles. The summed E-state index contributed by atoms with van der Waals surface area (Å²) in [5, 5.41) is 10.9. The number of thioether (sulfide) groups is 1. The number of ketones is 1. The molecule has 1 fully saturated rings. The molecule has 6 heteroatoms. The smallest absolute Gasteiger partial charge is 0.186 e. The van der Waals surface area contributed by atoms with Crippen LogP contribution in [-0.2, 0) is 4.79 Å². The lowest BCUT2D eigenvalue weighted by atomic mass is 10.1. The molecule has 0 aliphatic carbocycles. The molecule has 0 radical (unpaired) electrons. The minimum absolute atomic E-state index is 0.0493. The van der Waals surface area contributed by atoms with Crippen molar-refractivity contribution in [3.05, 3.63) is 51.3 Å². The number of carbonyl (C=O) groups excluding carboxylic acids is 1. The van der Waals surface area contributed by atoms with Crippen LogP contribution in [0.25, 0.3) is 6.08 Å². The van der Waals surface area contributed by atoms with Gasteiger partial charge in [-0.05, 0) is 30.7 Å². The normalized spacial score (nSPS) is 19.9. The molecule has 0 unspecified atom stereocenters. The fourth-order valence-corrected chi connectivity index (χ4v) is 4.01. The molecule has 1 atom stereocenters. The third-order valence-electron chi connectivity index (χ3n) is 3.15. The lowest BCUT2D eigenvalue weighted by molar-refractivity contribution is -0.114. The molecular formula is C16H14N2O2S2. The number of nitrogens with zero attached hydrogens (tertiary/aromatic N) is 1. The fourth-order valence-electron chi connectivity index (χ4n) is 2.20. The Morgan fingerprint density at radius 1 is 1.45 bits per heavy atom. The number of allylic oxidation sites excluding steroid dienone is 1. The average Bonchev–Trinajstić information content (AvgIpc) is 3.09. The topological polar surface area (TPSA) is 63.0 Å². The molecule has 0 saturated carbocycles. The van der Waals surface area contributed by atoms with E-state index in [0.717, 1.165) is 11.3 Å². The van der Waals surface area contributed by atoms with Crippen LogP contribution in [0, 0.1) is 5.41 Å². The summed E-state index contributed by atoms with van der Waals surface area (Å²) >= 11 is 2.63. The molecule has 1 aliphatic rings. The first-order valence-electron chi connectivity index (χ1n) is 6.83. The molecule has 0 spiro atoms. The van der Waals surface area contributed by atoms with E-state index >= 15 is 0 Å². The van der Waals surface area contributed by atoms with E-state index in [2.05, 4.69) is 4.98 Å². The van der Waals surface area contributed by atoms with E-state index in [1.807, 2.05) is 42.6 Å². The Kier molecular flexibility index (Phi) is 4.40. The maximum atomic E-state index is 12.5. The number of rotatable bonds is 4. The van der Waals surface area contributed by atoms with Crippen LogP contribution in [0.4, 0.5) is 0 Å². The third kappa shape index (κ3) is 2.98. The predicted molar refractivity (Wildman–Crippen MR) is 90.8 cm³/mol. The van der Waals surface area contributed by atoms with Crippen LogP contribution in [-0.4, -0.2) is 22.4 Å². The summed E-state index contributed by atoms with van der Waals surface area (Å²) in [6.45, 7) is 2.53. The second kappa shape index (κ2) is 6.46. The minimum atomic E-state index is -0.536. The van der Waals surface area contributed by atoms with E-state index in [-0.39, 0.29) is 5.78 Å². The highest BCUT2D eigenvalue weighted by Gasteiger charge is 2.38. The highest BCUT2D eigenvalue weighted by atomic mass is 32.2. The molecule has 3 rings (SSSR count). The third-order valence-corrected chi connectivity index (χ3v) is 4.99. The van der Waals surface area contributed by atoms with Crippen LogP contribution in [0.1, 0.15) is 23.4 Å². The van der Waals surface area contributed by atoms with Crippen LogP contribution < -0.4 is 4.74 Å². The molecule has 2 aromatic rings. The zero-order valence-corrected chi connectivity index (χ0v) is 13.5. The molecule has 0 bridgehead atoms. The van der Waals surface area contributed by atoms with Gasteiger partial charge in [-0.3, -0.25) is 10.2 Å². The molecule has 2 heterocycles. The van der Waals surface area contributed by atoms with E-state index in [1.54, 1.807) is 6.20 Å². The number of benzene rings is 1. The van der Waals surface area contributed by atoms with Crippen LogP contribution in [0.5, 0.6) is 5.75 Å². The molecule has 1 saturated heterocycles. The van der Waals surface area contributed by atoms with E-state index in [9.17, 15) is 4.79 Å². The van der Waals surface area contributed by atoms with Crippen LogP contribution in [0.2, 0.25) is 0 Å². The van der Waals surface area contributed by atoms with Gasteiger partial charge >= 0.3 is 0 Å². The number of Topliss-reactive ketones (excluding diaryl/α,β-unsaturated/α-hetero) is 1. The van der Waals surface area contributed by atoms with Gasteiger partial charge in [-0.15, -0.1) is 11.3 Å². The van der Waals surface area contributed by atoms with Gasteiger partial charge in [0.05, 0.1) is 16.6 Å². The van der Waals surface area contributed by atoms with Crippen LogP contribution in [0.15, 0.2) is 40.7 Å². The Labute approximate surface area is 136 Å². The van der Waals surface area contributed by atoms with Crippen molar-refractivity contribution in [1.82, 2.24) is 4.98 Å². The van der Waals surface area contributed by atoms with Gasteiger partial charge in [-0.2, -0.15) is 0 Å². The quantitative estimate of drug-likeness (QED) is 0.862. The van der Waals surface area contributed by atoms with Crippen LogP contribution in [0.3, 0.4) is 0 Å².